The van der Waals surface area contributed by atoms with Crippen molar-refractivity contribution in [3.05, 3.63) is 106 Å². The van der Waals surface area contributed by atoms with Gasteiger partial charge in [-0.15, -0.1) is 0 Å². The fourth-order valence-electron chi connectivity index (χ4n) is 2.96. The van der Waals surface area contributed by atoms with Gasteiger partial charge in [-0.25, -0.2) is 9.78 Å². The number of aromatic nitrogens is 1. The lowest BCUT2D eigenvalue weighted by atomic mass is 10.0. The van der Waals surface area contributed by atoms with Gasteiger partial charge in [0.15, 0.2) is 0 Å². The number of rotatable bonds is 6. The molecule has 1 aromatic heterocycles. The Morgan fingerprint density at radius 3 is 2.65 bits per heavy atom. The number of benzene rings is 3. The maximum absolute atomic E-state index is 12.7. The average Bonchev–Trinajstić information content (AvgIpc) is 2.79. The number of nitrogens with zero attached hydrogens (tertiary/aromatic N) is 3. The first-order valence-electron chi connectivity index (χ1n) is 9.30. The van der Waals surface area contributed by atoms with Crippen LogP contribution in [-0.4, -0.2) is 22.1 Å². The molecule has 0 unspecified atom stereocenters. The second kappa shape index (κ2) is 8.83. The van der Waals surface area contributed by atoms with E-state index >= 15 is 0 Å². The van der Waals surface area contributed by atoms with Crippen molar-refractivity contribution in [2.24, 2.45) is 5.10 Å². The number of fused-ring (bicyclic) bond motifs is 1. The van der Waals surface area contributed by atoms with Crippen LogP contribution in [-0.2, 0) is 0 Å². The Kier molecular flexibility index (Phi) is 5.62. The van der Waals surface area contributed by atoms with Crippen molar-refractivity contribution < 1.29 is 14.5 Å². The maximum Gasteiger partial charge on any atom is 0.344 e. The van der Waals surface area contributed by atoms with E-state index < -0.39 is 10.9 Å². The van der Waals surface area contributed by atoms with E-state index in [9.17, 15) is 14.9 Å². The van der Waals surface area contributed by atoms with Gasteiger partial charge >= 0.3 is 5.97 Å². The number of hydrogen-bond acceptors (Lipinski definition) is 7. The molecule has 4 aromatic rings. The quantitative estimate of drug-likeness (QED) is 0.160. The first-order chi connectivity index (χ1) is 15.1. The zero-order valence-corrected chi connectivity index (χ0v) is 16.1. The molecular weight excluding hydrogens is 396 g/mol. The van der Waals surface area contributed by atoms with Gasteiger partial charge in [0, 0.05) is 6.07 Å². The second-order valence-electron chi connectivity index (χ2n) is 6.52. The molecule has 0 bridgehead atoms. The molecule has 4 rings (SSSR count). The lowest BCUT2D eigenvalue weighted by molar-refractivity contribution is -0.385. The summed E-state index contributed by atoms with van der Waals surface area (Å²) >= 11 is 0. The van der Waals surface area contributed by atoms with Crippen LogP contribution in [0.1, 0.15) is 15.9 Å². The van der Waals surface area contributed by atoms with Crippen molar-refractivity contribution in [2.75, 3.05) is 5.43 Å². The molecule has 0 amide bonds. The molecule has 0 fully saturated rings. The maximum atomic E-state index is 12.7. The minimum Gasteiger partial charge on any atom is -0.423 e. The van der Waals surface area contributed by atoms with E-state index in [1.54, 1.807) is 30.3 Å². The monoisotopic (exact) mass is 412 g/mol. The summed E-state index contributed by atoms with van der Waals surface area (Å²) in [5.41, 5.74) is 3.77. The predicted molar refractivity (Wildman–Crippen MR) is 117 cm³/mol. The van der Waals surface area contributed by atoms with Crippen LogP contribution in [0.4, 0.5) is 11.5 Å². The zero-order chi connectivity index (χ0) is 21.6. The number of ether oxygens (including phenoxy) is 1. The number of anilines is 1. The van der Waals surface area contributed by atoms with Crippen molar-refractivity contribution >= 4 is 34.5 Å². The van der Waals surface area contributed by atoms with Crippen molar-refractivity contribution in [1.29, 1.82) is 0 Å². The third kappa shape index (κ3) is 4.70. The number of hydrazone groups is 1. The van der Waals surface area contributed by atoms with Gasteiger partial charge in [-0.3, -0.25) is 15.5 Å². The van der Waals surface area contributed by atoms with Crippen LogP contribution >= 0.6 is 0 Å². The van der Waals surface area contributed by atoms with E-state index in [-0.39, 0.29) is 5.69 Å². The summed E-state index contributed by atoms with van der Waals surface area (Å²) < 4.78 is 5.55. The summed E-state index contributed by atoms with van der Waals surface area (Å²) in [5, 5.41) is 16.5. The number of carbonyl (C=O) groups is 1. The number of nitrogens with one attached hydrogen (secondary N) is 1. The molecule has 0 radical (unpaired) electrons. The van der Waals surface area contributed by atoms with Gasteiger partial charge in [-0.2, -0.15) is 5.10 Å². The average molecular weight is 412 g/mol. The molecule has 8 heteroatoms. The van der Waals surface area contributed by atoms with Gasteiger partial charge in [-0.1, -0.05) is 48.5 Å². The van der Waals surface area contributed by atoms with Gasteiger partial charge in [0.2, 0.25) is 0 Å². The molecule has 3 aromatic carbocycles. The van der Waals surface area contributed by atoms with Gasteiger partial charge in [0.25, 0.3) is 5.69 Å². The van der Waals surface area contributed by atoms with Crippen molar-refractivity contribution in [3.63, 3.8) is 0 Å². The molecule has 0 aliphatic rings. The predicted octanol–water partition coefficient (Wildman–Crippen LogP) is 4.81. The molecule has 0 aliphatic carbocycles. The molecule has 0 saturated heterocycles. The first kappa shape index (κ1) is 19.7. The zero-order valence-electron chi connectivity index (χ0n) is 16.1. The third-order valence-corrected chi connectivity index (χ3v) is 4.43. The standard InChI is InChI=1S/C23H16N4O4/c28-23(21-10-4-7-17-6-1-2-9-20(17)21)31-19-8-3-5-16(13-19)14-25-26-22-12-11-18(15-24-22)27(29)30/h1-15H,(H,24,26)/b25-14-. The highest BCUT2D eigenvalue weighted by molar-refractivity contribution is 6.05. The van der Waals surface area contributed by atoms with E-state index in [4.69, 9.17) is 4.74 Å². The minimum absolute atomic E-state index is 0.102. The van der Waals surface area contributed by atoms with Gasteiger partial charge in [0.05, 0.1) is 16.7 Å². The van der Waals surface area contributed by atoms with Crippen molar-refractivity contribution in [3.8, 4) is 5.75 Å². The summed E-state index contributed by atoms with van der Waals surface area (Å²) in [6, 6.07) is 22.8. The van der Waals surface area contributed by atoms with Crippen LogP contribution in [0, 0.1) is 10.1 Å². The van der Waals surface area contributed by atoms with E-state index in [0.29, 0.717) is 22.7 Å². The second-order valence-corrected chi connectivity index (χ2v) is 6.52. The normalized spacial score (nSPS) is 10.8. The topological polar surface area (TPSA) is 107 Å². The van der Waals surface area contributed by atoms with Crippen LogP contribution in [0.5, 0.6) is 5.75 Å². The summed E-state index contributed by atoms with van der Waals surface area (Å²) in [6.07, 6.45) is 2.67. The Morgan fingerprint density at radius 1 is 1.03 bits per heavy atom. The SMILES string of the molecule is O=C(Oc1cccc(/C=N\Nc2ccc([N+](=O)[O-])cn2)c1)c1cccc2ccccc12. The molecule has 0 saturated carbocycles. The van der Waals surface area contributed by atoms with Crippen LogP contribution in [0.3, 0.4) is 0 Å². The number of nitro groups is 1. The number of pyridine rings is 1. The fraction of sp³-hybridized carbons (Fsp3) is 0. The molecular formula is C23H16N4O4. The first-order valence-corrected chi connectivity index (χ1v) is 9.30. The van der Waals surface area contributed by atoms with Gasteiger partial charge in [0.1, 0.15) is 17.8 Å². The molecule has 152 valence electrons. The van der Waals surface area contributed by atoms with Gasteiger partial charge in [-0.05, 0) is 40.6 Å². The smallest absolute Gasteiger partial charge is 0.344 e. The fourth-order valence-corrected chi connectivity index (χ4v) is 2.96. The van der Waals surface area contributed by atoms with Crippen LogP contribution in [0.15, 0.2) is 90.2 Å². The largest absolute Gasteiger partial charge is 0.423 e. The minimum atomic E-state index is -0.523. The van der Waals surface area contributed by atoms with E-state index in [0.717, 1.165) is 17.0 Å². The molecule has 8 nitrogen and oxygen atoms in total. The van der Waals surface area contributed by atoms with Gasteiger partial charge < -0.3 is 4.74 Å². The molecule has 0 aliphatic heterocycles. The Hall–Kier alpha value is -4.59. The Bertz CT molecular complexity index is 1280. The summed E-state index contributed by atoms with van der Waals surface area (Å²) in [4.78, 5) is 26.7. The van der Waals surface area contributed by atoms with Crippen LogP contribution < -0.4 is 10.2 Å². The number of carbonyl (C=O) groups excluding carboxylic acids is 1. The van der Waals surface area contributed by atoms with Crippen molar-refractivity contribution in [1.82, 2.24) is 4.98 Å². The highest BCUT2D eigenvalue weighted by Crippen LogP contribution is 2.21. The van der Waals surface area contributed by atoms with Crippen molar-refractivity contribution in [2.45, 2.75) is 0 Å². The number of esters is 1. The third-order valence-electron chi connectivity index (χ3n) is 4.43. The highest BCUT2D eigenvalue weighted by Gasteiger charge is 2.12. The number of hydrogen-bond donors (Lipinski definition) is 1. The Labute approximate surface area is 177 Å². The summed E-state index contributed by atoms with van der Waals surface area (Å²) in [5.74, 6) is 0.301. The summed E-state index contributed by atoms with van der Waals surface area (Å²) in [7, 11) is 0. The lowest BCUT2D eigenvalue weighted by Gasteiger charge is -2.07. The van der Waals surface area contributed by atoms with E-state index in [1.165, 1.54) is 18.3 Å². The lowest BCUT2D eigenvalue weighted by Crippen LogP contribution is -2.09. The van der Waals surface area contributed by atoms with E-state index in [2.05, 4.69) is 15.5 Å². The van der Waals surface area contributed by atoms with E-state index in [1.807, 2.05) is 36.4 Å². The molecule has 31 heavy (non-hydrogen) atoms. The summed E-state index contributed by atoms with van der Waals surface area (Å²) in [6.45, 7) is 0. The molecule has 1 N–H and O–H groups in total. The molecule has 0 spiro atoms. The highest BCUT2D eigenvalue weighted by atomic mass is 16.6. The molecule has 1 heterocycles. The van der Waals surface area contributed by atoms with Crippen LogP contribution in [0.2, 0.25) is 0 Å². The Morgan fingerprint density at radius 2 is 1.84 bits per heavy atom. The molecule has 0 atom stereocenters. The van der Waals surface area contributed by atoms with Crippen LogP contribution in [0.25, 0.3) is 10.8 Å². The Balaban J connectivity index is 1.45.